The molecule has 0 aliphatic carbocycles. The van der Waals surface area contributed by atoms with Crippen molar-refractivity contribution >= 4 is 28.3 Å². The van der Waals surface area contributed by atoms with Crippen LogP contribution in [0.15, 0.2) is 47.6 Å². The molecular formula is C24H33ClN2O2. The fourth-order valence-electron chi connectivity index (χ4n) is 3.71. The van der Waals surface area contributed by atoms with Gasteiger partial charge < -0.3 is 15.1 Å². The minimum atomic E-state index is -0.799. The lowest BCUT2D eigenvalue weighted by atomic mass is 10.0. The fourth-order valence-corrected chi connectivity index (χ4v) is 3.88. The SMILES string of the molecule is C/C=C1/CCCN(c2cc(CC(O)CO)c3cc(Cl)ccc3n2)C/C1=C/C.CC. The lowest BCUT2D eigenvalue weighted by Gasteiger charge is -2.24. The Morgan fingerprint density at radius 1 is 1.17 bits per heavy atom. The zero-order valence-electron chi connectivity index (χ0n) is 18.0. The van der Waals surface area contributed by atoms with E-state index in [1.165, 1.54) is 11.1 Å². The van der Waals surface area contributed by atoms with Crippen LogP contribution in [0, 0.1) is 0 Å². The molecule has 1 atom stereocenters. The molecule has 0 amide bonds. The van der Waals surface area contributed by atoms with Gasteiger partial charge in [0.25, 0.3) is 0 Å². The van der Waals surface area contributed by atoms with Gasteiger partial charge in [0, 0.05) is 29.9 Å². The molecule has 3 rings (SSSR count). The van der Waals surface area contributed by atoms with Gasteiger partial charge in [-0.3, -0.25) is 0 Å². The molecule has 29 heavy (non-hydrogen) atoms. The molecule has 1 saturated heterocycles. The lowest BCUT2D eigenvalue weighted by Crippen LogP contribution is -2.26. The molecule has 1 aromatic heterocycles. The Hall–Kier alpha value is -1.88. The van der Waals surface area contributed by atoms with E-state index in [4.69, 9.17) is 16.6 Å². The summed E-state index contributed by atoms with van der Waals surface area (Å²) in [5.41, 5.74) is 4.56. The molecule has 1 aliphatic heterocycles. The second-order valence-electron chi connectivity index (χ2n) is 6.99. The van der Waals surface area contributed by atoms with Gasteiger partial charge in [-0.2, -0.15) is 0 Å². The van der Waals surface area contributed by atoms with E-state index in [0.717, 1.165) is 48.2 Å². The minimum absolute atomic E-state index is 0.267. The summed E-state index contributed by atoms with van der Waals surface area (Å²) in [6, 6.07) is 7.67. The summed E-state index contributed by atoms with van der Waals surface area (Å²) in [5.74, 6) is 0.904. The van der Waals surface area contributed by atoms with Crippen molar-refractivity contribution in [1.82, 2.24) is 4.98 Å². The maximum Gasteiger partial charge on any atom is 0.129 e. The summed E-state index contributed by atoms with van der Waals surface area (Å²) in [6.07, 6.45) is 6.11. The molecule has 2 aromatic rings. The van der Waals surface area contributed by atoms with Crippen LogP contribution in [0.2, 0.25) is 5.02 Å². The number of nitrogens with zero attached hydrogens (tertiary/aromatic N) is 2. The van der Waals surface area contributed by atoms with Crippen molar-refractivity contribution in [3.63, 3.8) is 0 Å². The van der Waals surface area contributed by atoms with Gasteiger partial charge in [-0.15, -0.1) is 0 Å². The third-order valence-electron chi connectivity index (χ3n) is 5.18. The van der Waals surface area contributed by atoms with Crippen LogP contribution >= 0.6 is 11.6 Å². The van der Waals surface area contributed by atoms with E-state index in [1.807, 2.05) is 38.1 Å². The van der Waals surface area contributed by atoms with E-state index in [0.29, 0.717) is 11.4 Å². The average molecular weight is 417 g/mol. The molecule has 1 aliphatic rings. The molecule has 1 aromatic carbocycles. The summed E-state index contributed by atoms with van der Waals surface area (Å²) in [6.45, 7) is 9.67. The predicted octanol–water partition coefficient (Wildman–Crippen LogP) is 5.30. The first-order chi connectivity index (χ1) is 14.0. The quantitative estimate of drug-likeness (QED) is 0.709. The molecule has 1 unspecified atom stereocenters. The van der Waals surface area contributed by atoms with Gasteiger partial charge in [-0.05, 0) is 67.7 Å². The standard InChI is InChI=1S/C22H27ClN2O2.C2H6/c1-3-15-6-5-9-25(13-16(15)4-2)22-11-17(10-19(27)14-26)20-12-18(23)7-8-21(20)24-22;1-2/h3-4,7-8,11-12,19,26-27H,5-6,9-10,13-14H2,1-2H3;1-2H3/b15-3-,16-4-;. The number of halogens is 1. The van der Waals surface area contributed by atoms with Crippen LogP contribution in [-0.2, 0) is 6.42 Å². The van der Waals surface area contributed by atoms with E-state index < -0.39 is 6.10 Å². The highest BCUT2D eigenvalue weighted by molar-refractivity contribution is 6.31. The highest BCUT2D eigenvalue weighted by Gasteiger charge is 2.19. The Morgan fingerprint density at radius 3 is 2.55 bits per heavy atom. The number of benzene rings is 1. The number of hydrogen-bond donors (Lipinski definition) is 2. The number of allylic oxidation sites excluding steroid dienone is 2. The third-order valence-corrected chi connectivity index (χ3v) is 5.41. The number of aromatic nitrogens is 1. The molecule has 0 spiro atoms. The van der Waals surface area contributed by atoms with Crippen LogP contribution in [0.4, 0.5) is 5.82 Å². The highest BCUT2D eigenvalue weighted by Crippen LogP contribution is 2.30. The summed E-state index contributed by atoms with van der Waals surface area (Å²) < 4.78 is 0. The Morgan fingerprint density at radius 2 is 1.90 bits per heavy atom. The molecule has 5 heteroatoms. The van der Waals surface area contributed by atoms with Crippen molar-refractivity contribution in [2.45, 2.75) is 53.1 Å². The molecule has 1 fully saturated rings. The largest absolute Gasteiger partial charge is 0.394 e. The fraction of sp³-hybridized carbons (Fsp3) is 0.458. The number of pyridine rings is 1. The van der Waals surface area contributed by atoms with Crippen LogP contribution < -0.4 is 4.90 Å². The number of anilines is 1. The molecule has 0 saturated carbocycles. The first-order valence-electron chi connectivity index (χ1n) is 10.5. The average Bonchev–Trinajstić information content (AvgIpc) is 2.97. The molecule has 0 bridgehead atoms. The summed E-state index contributed by atoms with van der Waals surface area (Å²) in [7, 11) is 0. The first kappa shape index (κ1) is 23.4. The summed E-state index contributed by atoms with van der Waals surface area (Å²) >= 11 is 6.18. The van der Waals surface area contributed by atoms with Crippen molar-refractivity contribution in [3.05, 3.63) is 58.1 Å². The van der Waals surface area contributed by atoms with Crippen LogP contribution in [0.1, 0.15) is 46.1 Å². The second kappa shape index (κ2) is 11.3. The van der Waals surface area contributed by atoms with Crippen LogP contribution in [0.25, 0.3) is 10.9 Å². The van der Waals surface area contributed by atoms with Gasteiger partial charge in [0.2, 0.25) is 0 Å². The molecule has 4 nitrogen and oxygen atoms in total. The summed E-state index contributed by atoms with van der Waals surface area (Å²) in [5, 5.41) is 20.8. The second-order valence-corrected chi connectivity index (χ2v) is 7.43. The maximum atomic E-state index is 10.00. The number of fused-ring (bicyclic) bond motifs is 1. The topological polar surface area (TPSA) is 56.6 Å². The third kappa shape index (κ3) is 5.81. The van der Waals surface area contributed by atoms with E-state index >= 15 is 0 Å². The van der Waals surface area contributed by atoms with Gasteiger partial charge in [0.15, 0.2) is 0 Å². The van der Waals surface area contributed by atoms with Gasteiger partial charge in [-0.25, -0.2) is 4.98 Å². The van der Waals surface area contributed by atoms with E-state index in [2.05, 4.69) is 30.9 Å². The predicted molar refractivity (Wildman–Crippen MR) is 124 cm³/mol. The van der Waals surface area contributed by atoms with Crippen molar-refractivity contribution < 1.29 is 10.2 Å². The van der Waals surface area contributed by atoms with Crippen molar-refractivity contribution in [2.24, 2.45) is 0 Å². The molecule has 2 heterocycles. The van der Waals surface area contributed by atoms with E-state index in [1.54, 1.807) is 0 Å². The Bertz CT molecular complexity index is 877. The first-order valence-corrected chi connectivity index (χ1v) is 10.9. The van der Waals surface area contributed by atoms with E-state index in [9.17, 15) is 10.2 Å². The highest BCUT2D eigenvalue weighted by atomic mass is 35.5. The number of aliphatic hydroxyl groups excluding tert-OH is 2. The van der Waals surface area contributed by atoms with Crippen LogP contribution in [0.3, 0.4) is 0 Å². The van der Waals surface area contributed by atoms with Crippen molar-refractivity contribution in [1.29, 1.82) is 0 Å². The maximum absolute atomic E-state index is 10.00. The van der Waals surface area contributed by atoms with Crippen LogP contribution in [-0.4, -0.2) is 41.0 Å². The number of rotatable bonds is 4. The number of hydrogen-bond acceptors (Lipinski definition) is 4. The summed E-state index contributed by atoms with van der Waals surface area (Å²) in [4.78, 5) is 7.17. The molecular weight excluding hydrogens is 384 g/mol. The normalized spacial score (nSPS) is 18.5. The Balaban J connectivity index is 0.00000145. The zero-order chi connectivity index (χ0) is 21.4. The number of aliphatic hydroxyl groups is 2. The van der Waals surface area contributed by atoms with Gasteiger partial charge in [-0.1, -0.05) is 37.6 Å². The lowest BCUT2D eigenvalue weighted by molar-refractivity contribution is 0.0957. The van der Waals surface area contributed by atoms with E-state index in [-0.39, 0.29) is 6.61 Å². The monoisotopic (exact) mass is 416 g/mol. The smallest absolute Gasteiger partial charge is 0.129 e. The van der Waals surface area contributed by atoms with Crippen LogP contribution in [0.5, 0.6) is 0 Å². The Labute approximate surface area is 179 Å². The van der Waals surface area contributed by atoms with Gasteiger partial charge in [0.1, 0.15) is 5.82 Å². The molecule has 2 N–H and O–H groups in total. The molecule has 158 valence electrons. The Kier molecular flexibility index (Phi) is 9.15. The zero-order valence-corrected chi connectivity index (χ0v) is 18.7. The van der Waals surface area contributed by atoms with Gasteiger partial charge >= 0.3 is 0 Å². The van der Waals surface area contributed by atoms with Gasteiger partial charge in [0.05, 0.1) is 18.2 Å². The molecule has 0 radical (unpaired) electrons. The minimum Gasteiger partial charge on any atom is -0.394 e. The van der Waals surface area contributed by atoms with Crippen molar-refractivity contribution in [2.75, 3.05) is 24.6 Å². The van der Waals surface area contributed by atoms with Crippen molar-refractivity contribution in [3.8, 4) is 0 Å².